The first-order chi connectivity index (χ1) is 2.27. The fourth-order valence-electron chi connectivity index (χ4n) is 0. The van der Waals surface area contributed by atoms with Crippen molar-refractivity contribution in [3.8, 4) is 0 Å². The molecule has 0 rings (SSSR count). The van der Waals surface area contributed by atoms with Crippen LogP contribution in [-0.2, 0) is 0 Å². The van der Waals surface area contributed by atoms with Crippen LogP contribution in [0.15, 0.2) is 0 Å². The second kappa shape index (κ2) is 7.35. The molecule has 0 aliphatic rings. The second-order valence-corrected chi connectivity index (χ2v) is 4.11. The molecule has 0 aliphatic carbocycles. The largest absolute Gasteiger partial charge is 0 e. The summed E-state index contributed by atoms with van der Waals surface area (Å²) in [5.41, 5.74) is 0. The summed E-state index contributed by atoms with van der Waals surface area (Å²) >= 11 is 1.29. The van der Waals surface area contributed by atoms with Crippen LogP contribution in [0.25, 0.3) is 0 Å². The summed E-state index contributed by atoms with van der Waals surface area (Å²) < 4.78 is 0. The molecule has 0 unspecified atom stereocenters. The van der Waals surface area contributed by atoms with Crippen LogP contribution in [-0.4, -0.2) is 61.2 Å². The van der Waals surface area contributed by atoms with E-state index in [4.69, 9.17) is 0 Å². The molecule has 0 spiro atoms. The van der Waals surface area contributed by atoms with E-state index in [1.165, 1.54) is 26.4 Å². The van der Waals surface area contributed by atoms with Gasteiger partial charge in [-0.15, -0.1) is 0 Å². The van der Waals surface area contributed by atoms with E-state index in [0.29, 0.717) is 0 Å². The normalized spacial score (nSPS) is 8.17. The van der Waals surface area contributed by atoms with E-state index < -0.39 is 0 Å². The van der Waals surface area contributed by atoms with Crippen molar-refractivity contribution < 1.29 is 0 Å². The summed E-state index contributed by atoms with van der Waals surface area (Å²) in [4.78, 5) is 0. The Kier molecular flexibility index (Phi) is 13.7. The van der Waals surface area contributed by atoms with Crippen molar-refractivity contribution in [2.75, 3.05) is 0 Å². The molecule has 0 N–H and O–H groups in total. The van der Waals surface area contributed by atoms with Crippen molar-refractivity contribution in [2.45, 2.75) is 19.1 Å². The quantitative estimate of drug-likeness (QED) is 0.463. The third-order valence-electron chi connectivity index (χ3n) is 0.471. The Labute approximate surface area is 81.5 Å². The maximum absolute atomic E-state index is 2.22. The predicted molar refractivity (Wildman–Crippen MR) is 34.2 cm³/mol. The molecule has 0 saturated heterocycles. The molecule has 0 saturated carbocycles. The Hall–Kier alpha value is 2.35. The molecule has 0 atom stereocenters. The van der Waals surface area contributed by atoms with Crippen molar-refractivity contribution in [1.82, 2.24) is 0 Å². The van der Waals surface area contributed by atoms with Crippen LogP contribution in [0.4, 0.5) is 0 Å². The van der Waals surface area contributed by atoms with Gasteiger partial charge in [0.05, 0.1) is 0 Å². The van der Waals surface area contributed by atoms with Gasteiger partial charge in [-0.1, -0.05) is 0 Å². The third-order valence-corrected chi connectivity index (χ3v) is 4.24. The van der Waals surface area contributed by atoms with Gasteiger partial charge in [0.1, 0.15) is 0 Å². The van der Waals surface area contributed by atoms with E-state index in [-0.39, 0.29) is 29.6 Å². The molecule has 6 heavy (non-hydrogen) atoms. The van der Waals surface area contributed by atoms with Gasteiger partial charge in [-0.25, -0.2) is 0 Å². The average Bonchev–Trinajstić information content (AvgIpc) is 1.38. The predicted octanol–water partition coefficient (Wildman–Crippen LogP) is 0.831. The van der Waals surface area contributed by atoms with E-state index in [9.17, 15) is 0 Å². The van der Waals surface area contributed by atoms with Crippen LogP contribution in [0.2, 0.25) is 0 Å². The maximum Gasteiger partial charge on any atom is 0 e. The number of hydrogen-bond acceptors (Lipinski definition) is 1. The second-order valence-electron chi connectivity index (χ2n) is 1.28. The summed E-state index contributed by atoms with van der Waals surface area (Å²) in [6, 6.07) is 0. The first-order valence-electron chi connectivity index (χ1n) is 1.80. The van der Waals surface area contributed by atoms with Crippen LogP contribution in [0, 0.1) is 0 Å². The van der Waals surface area contributed by atoms with Crippen LogP contribution in [0.3, 0.4) is 0 Å². The molecule has 0 heterocycles. The molecule has 0 aromatic rings. The Morgan fingerprint density at radius 3 is 1.67 bits per heavy atom. The first-order valence-corrected chi connectivity index (χ1v) is 5.54. The van der Waals surface area contributed by atoms with Gasteiger partial charge in [0.25, 0.3) is 0 Å². The van der Waals surface area contributed by atoms with Crippen molar-refractivity contribution in [3.05, 3.63) is 0 Å². The summed E-state index contributed by atoms with van der Waals surface area (Å²) in [7, 11) is 2.02. The van der Waals surface area contributed by atoms with Gasteiger partial charge in [-0.2, -0.15) is 0 Å². The van der Waals surface area contributed by atoms with Gasteiger partial charge in [-0.3, -0.25) is 0 Å². The monoisotopic (exact) mass is 121 g/mol. The fraction of sp³-hybridized carbons (Fsp3) is 1.00. The van der Waals surface area contributed by atoms with Crippen molar-refractivity contribution in [3.63, 3.8) is 0 Å². The third kappa shape index (κ3) is 9.61. The van der Waals surface area contributed by atoms with Crippen LogP contribution in [0.1, 0.15) is 13.8 Å². The molecule has 0 aromatic heterocycles. The standard InChI is InChI=1S/C3H8S.2Na/c1-3(2)4;;/h3-4H,1-2H3;;/q;;+1/p-1. The molecular formula is C3H7Na2S. The molecule has 27 valence electrons. The Bertz CT molecular complexity index is 22.8. The van der Waals surface area contributed by atoms with Gasteiger partial charge in [-0.05, 0) is 0 Å². The molecule has 0 fully saturated rings. The summed E-state index contributed by atoms with van der Waals surface area (Å²) in [5, 5.41) is 0.863. The van der Waals surface area contributed by atoms with Crippen LogP contribution in [0.5, 0.6) is 0 Å². The Morgan fingerprint density at radius 1 is 1.50 bits per heavy atom. The first kappa shape index (κ1) is 11.2. The van der Waals surface area contributed by atoms with Gasteiger partial charge < -0.3 is 0 Å². The van der Waals surface area contributed by atoms with E-state index in [1.54, 1.807) is 0 Å². The minimum absolute atomic E-state index is 0. The number of hydrogen-bond donors (Lipinski definition) is 0. The molecule has 0 bridgehead atoms. The van der Waals surface area contributed by atoms with Gasteiger partial charge >= 0.3 is 53.3 Å². The SMILES string of the molecule is CC(C)[S][Na].[Na]. The molecular weight excluding hydrogens is 114 g/mol. The Morgan fingerprint density at radius 2 is 1.67 bits per heavy atom. The zero-order chi connectivity index (χ0) is 4.28. The van der Waals surface area contributed by atoms with Crippen molar-refractivity contribution >= 4 is 63.8 Å². The summed E-state index contributed by atoms with van der Waals surface area (Å²) in [6.07, 6.45) is 0. The topological polar surface area (TPSA) is 0 Å². The van der Waals surface area contributed by atoms with E-state index >= 15 is 0 Å². The van der Waals surface area contributed by atoms with Gasteiger partial charge in [0, 0.05) is 29.6 Å². The molecule has 0 amide bonds. The molecule has 0 aliphatic heterocycles. The molecule has 1 radical (unpaired) electrons. The minimum Gasteiger partial charge on any atom is 0 e. The van der Waals surface area contributed by atoms with E-state index in [2.05, 4.69) is 13.8 Å². The van der Waals surface area contributed by atoms with Crippen molar-refractivity contribution in [2.24, 2.45) is 0 Å². The van der Waals surface area contributed by atoms with Crippen LogP contribution < -0.4 is 0 Å². The zero-order valence-electron chi connectivity index (χ0n) is 4.99. The molecule has 3 heteroatoms. The van der Waals surface area contributed by atoms with Crippen LogP contribution >= 0.6 is 7.88 Å². The average molecular weight is 121 g/mol. The zero-order valence-corrected chi connectivity index (χ0v) is 9.80. The number of rotatable bonds is 1. The van der Waals surface area contributed by atoms with E-state index in [0.717, 1.165) is 5.25 Å². The minimum atomic E-state index is 0. The van der Waals surface area contributed by atoms with Crippen molar-refractivity contribution in [1.29, 1.82) is 0 Å². The molecule has 0 aromatic carbocycles. The Balaban J connectivity index is 0. The smallest absolute Gasteiger partial charge is 0 e. The van der Waals surface area contributed by atoms with E-state index in [1.807, 2.05) is 7.88 Å². The molecule has 0 nitrogen and oxygen atoms in total. The van der Waals surface area contributed by atoms with Gasteiger partial charge in [0.2, 0.25) is 0 Å². The maximum atomic E-state index is 2.22. The summed E-state index contributed by atoms with van der Waals surface area (Å²) in [6.45, 7) is 4.44. The fourth-order valence-corrected chi connectivity index (χ4v) is 0. The van der Waals surface area contributed by atoms with Gasteiger partial charge in [0.15, 0.2) is 0 Å². The summed E-state index contributed by atoms with van der Waals surface area (Å²) in [5.74, 6) is 0.